The van der Waals surface area contributed by atoms with Crippen LogP contribution in [0, 0.1) is 11.6 Å². The number of nitrogens with one attached hydrogen (secondary N) is 1. The maximum atomic E-state index is 13.6. The molecule has 1 aliphatic heterocycles. The van der Waals surface area contributed by atoms with Crippen molar-refractivity contribution in [3.8, 4) is 11.3 Å². The molecule has 1 amide bonds. The van der Waals surface area contributed by atoms with Crippen LogP contribution in [0.25, 0.3) is 11.3 Å². The molecule has 3 N–H and O–H groups in total. The molecular formula is C26H24ClF2N5OS. The summed E-state index contributed by atoms with van der Waals surface area (Å²) >= 11 is 6.03. The van der Waals surface area contributed by atoms with E-state index in [4.69, 9.17) is 22.3 Å². The van der Waals surface area contributed by atoms with Gasteiger partial charge in [-0.2, -0.15) is 13.5 Å². The van der Waals surface area contributed by atoms with E-state index in [9.17, 15) is 13.6 Å². The van der Waals surface area contributed by atoms with Gasteiger partial charge in [-0.05, 0) is 66.2 Å². The van der Waals surface area contributed by atoms with Gasteiger partial charge in [-0.15, -0.1) is 0 Å². The van der Waals surface area contributed by atoms with Gasteiger partial charge < -0.3 is 20.5 Å². The second kappa shape index (κ2) is 10.7. The lowest BCUT2D eigenvalue weighted by molar-refractivity contribution is -0.134. The number of halogens is 3. The van der Waals surface area contributed by atoms with Crippen LogP contribution in [-0.2, 0) is 17.9 Å². The summed E-state index contributed by atoms with van der Waals surface area (Å²) in [7, 11) is 0. The van der Waals surface area contributed by atoms with Crippen LogP contribution in [0.5, 0.6) is 0 Å². The Kier molecular flexibility index (Phi) is 7.63. The molecule has 36 heavy (non-hydrogen) atoms. The molecule has 0 saturated carbocycles. The van der Waals surface area contributed by atoms with Gasteiger partial charge in [-0.1, -0.05) is 23.7 Å². The Morgan fingerprint density at radius 2 is 1.56 bits per heavy atom. The third-order valence-corrected chi connectivity index (χ3v) is 6.26. The molecule has 0 bridgehead atoms. The minimum absolute atomic E-state index is 0. The molecule has 1 atom stereocenters. The molecule has 0 radical (unpaired) electrons. The average Bonchev–Trinajstić information content (AvgIpc) is 3.23. The summed E-state index contributed by atoms with van der Waals surface area (Å²) in [5.74, 6) is 0.427. The molecule has 0 unspecified atom stereocenters. The number of aromatic nitrogens is 2. The Bertz CT molecular complexity index is 1360. The predicted molar refractivity (Wildman–Crippen MR) is 141 cm³/mol. The van der Waals surface area contributed by atoms with Crippen molar-refractivity contribution in [1.29, 1.82) is 0 Å². The van der Waals surface area contributed by atoms with Crippen LogP contribution < -0.4 is 11.1 Å². The summed E-state index contributed by atoms with van der Waals surface area (Å²) in [5.41, 5.74) is 8.94. The number of benzene rings is 3. The van der Waals surface area contributed by atoms with Gasteiger partial charge in [0, 0.05) is 29.4 Å². The lowest BCUT2D eigenvalue weighted by Gasteiger charge is -2.30. The zero-order chi connectivity index (χ0) is 24.5. The van der Waals surface area contributed by atoms with Gasteiger partial charge in [0.1, 0.15) is 35.0 Å². The van der Waals surface area contributed by atoms with E-state index < -0.39 is 6.04 Å². The van der Waals surface area contributed by atoms with Gasteiger partial charge in [0.15, 0.2) is 0 Å². The minimum Gasteiger partial charge on any atom is -0.340 e. The number of amides is 1. The van der Waals surface area contributed by atoms with Crippen LogP contribution in [0.4, 0.5) is 20.3 Å². The Morgan fingerprint density at radius 3 is 2.19 bits per heavy atom. The Hall–Kier alpha value is -3.40. The van der Waals surface area contributed by atoms with Crippen molar-refractivity contribution >= 4 is 42.5 Å². The molecule has 4 aromatic rings. The van der Waals surface area contributed by atoms with Crippen LogP contribution in [0.3, 0.4) is 0 Å². The first-order valence-corrected chi connectivity index (χ1v) is 11.4. The summed E-state index contributed by atoms with van der Waals surface area (Å²) in [4.78, 5) is 19.6. The number of anilines is 2. The van der Waals surface area contributed by atoms with Crippen LogP contribution in [0.15, 0.2) is 72.8 Å². The van der Waals surface area contributed by atoms with Crippen molar-refractivity contribution in [1.82, 2.24) is 14.5 Å². The molecule has 3 aromatic carbocycles. The molecule has 0 fully saturated rings. The van der Waals surface area contributed by atoms with Gasteiger partial charge in [0.05, 0.1) is 6.54 Å². The van der Waals surface area contributed by atoms with E-state index in [1.807, 2.05) is 16.7 Å². The molecule has 6 nitrogen and oxygen atoms in total. The first-order valence-electron chi connectivity index (χ1n) is 11.1. The first-order chi connectivity index (χ1) is 16.9. The number of hydrogen-bond donors (Lipinski definition) is 2. The van der Waals surface area contributed by atoms with Gasteiger partial charge in [0.2, 0.25) is 5.91 Å². The van der Waals surface area contributed by atoms with Crippen LogP contribution in [0.1, 0.15) is 17.4 Å². The monoisotopic (exact) mass is 527 g/mol. The molecule has 0 spiro atoms. The third-order valence-electron chi connectivity index (χ3n) is 6.00. The average molecular weight is 528 g/mol. The summed E-state index contributed by atoms with van der Waals surface area (Å²) < 4.78 is 28.8. The number of carbonyl (C=O) groups is 1. The van der Waals surface area contributed by atoms with Gasteiger partial charge in [-0.25, -0.2) is 13.8 Å². The third kappa shape index (κ3) is 5.23. The highest BCUT2D eigenvalue weighted by Gasteiger charge is 2.30. The summed E-state index contributed by atoms with van der Waals surface area (Å²) in [6.07, 6.45) is 0. The molecule has 10 heteroatoms. The molecule has 1 aliphatic rings. The second-order valence-electron chi connectivity index (χ2n) is 8.30. The largest absolute Gasteiger partial charge is 0.340 e. The molecule has 186 valence electrons. The van der Waals surface area contributed by atoms with E-state index in [0.29, 0.717) is 35.2 Å². The first kappa shape index (κ1) is 25.7. The number of nitrogens with two attached hydrogens (primary N) is 1. The molecule has 0 saturated heterocycles. The van der Waals surface area contributed by atoms with Crippen molar-refractivity contribution in [2.75, 3.05) is 11.9 Å². The molecule has 2 heterocycles. The van der Waals surface area contributed by atoms with Crippen molar-refractivity contribution in [2.24, 2.45) is 5.73 Å². The smallest absolute Gasteiger partial charge is 0.244 e. The highest BCUT2D eigenvalue weighted by molar-refractivity contribution is 7.59. The SMILES string of the molecule is N[C@H](C(=O)N1CCn2c(nc(-c3ccc(F)cc3)c2Nc2ccc(Cl)cc2)C1)c1ccc(F)cc1.S. The molecule has 5 rings (SSSR count). The standard InChI is InChI=1S/C26H22ClF2N5O.H2S/c27-18-5-11-21(12-6-18)31-25-24(17-3-9-20(29)10-4-17)32-22-15-33(13-14-34(22)25)26(35)23(30)16-1-7-19(28)8-2-16;/h1-12,23,31H,13-15,30H2;1H2/t23-;/m0./s1. The zero-order valence-corrected chi connectivity index (χ0v) is 20.8. The Balaban J connectivity index is 0.00000304. The van der Waals surface area contributed by atoms with Crippen molar-refractivity contribution in [3.05, 3.63) is 101 Å². The highest BCUT2D eigenvalue weighted by atomic mass is 35.5. The number of rotatable bonds is 5. The van der Waals surface area contributed by atoms with E-state index in [2.05, 4.69) is 5.32 Å². The normalized spacial score (nSPS) is 13.5. The van der Waals surface area contributed by atoms with Gasteiger partial charge in [-0.3, -0.25) is 4.79 Å². The van der Waals surface area contributed by atoms with Crippen LogP contribution in [-0.4, -0.2) is 26.9 Å². The van der Waals surface area contributed by atoms with E-state index in [0.717, 1.165) is 17.1 Å². The van der Waals surface area contributed by atoms with E-state index in [-0.39, 0.29) is 37.6 Å². The van der Waals surface area contributed by atoms with E-state index in [1.54, 1.807) is 29.2 Å². The van der Waals surface area contributed by atoms with Gasteiger partial charge in [0.25, 0.3) is 0 Å². The van der Waals surface area contributed by atoms with Crippen LogP contribution >= 0.6 is 25.1 Å². The second-order valence-corrected chi connectivity index (χ2v) is 8.74. The number of fused-ring (bicyclic) bond motifs is 1. The quantitative estimate of drug-likeness (QED) is 0.365. The fourth-order valence-corrected chi connectivity index (χ4v) is 4.26. The lowest BCUT2D eigenvalue weighted by Crippen LogP contribution is -2.43. The number of nitrogens with zero attached hydrogens (tertiary/aromatic N) is 3. The summed E-state index contributed by atoms with van der Waals surface area (Å²) in [6, 6.07) is 18.1. The van der Waals surface area contributed by atoms with E-state index >= 15 is 0 Å². The van der Waals surface area contributed by atoms with Gasteiger partial charge >= 0.3 is 0 Å². The lowest BCUT2D eigenvalue weighted by atomic mass is 10.1. The maximum absolute atomic E-state index is 13.6. The predicted octanol–water partition coefficient (Wildman–Crippen LogP) is 5.38. The van der Waals surface area contributed by atoms with E-state index in [1.165, 1.54) is 36.4 Å². The minimum atomic E-state index is -0.902. The fraction of sp³-hybridized carbons (Fsp3) is 0.154. The van der Waals surface area contributed by atoms with Crippen molar-refractivity contribution < 1.29 is 13.6 Å². The summed E-state index contributed by atoms with van der Waals surface area (Å²) in [5, 5.41) is 4.02. The zero-order valence-electron chi connectivity index (χ0n) is 19.1. The fourth-order valence-electron chi connectivity index (χ4n) is 4.13. The summed E-state index contributed by atoms with van der Waals surface area (Å²) in [6.45, 7) is 1.17. The number of hydrogen-bond acceptors (Lipinski definition) is 4. The topological polar surface area (TPSA) is 76.2 Å². The maximum Gasteiger partial charge on any atom is 0.244 e. The molecule has 1 aromatic heterocycles. The number of imidazole rings is 1. The molecular weight excluding hydrogens is 504 g/mol. The van der Waals surface area contributed by atoms with Crippen molar-refractivity contribution in [3.63, 3.8) is 0 Å². The highest BCUT2D eigenvalue weighted by Crippen LogP contribution is 2.34. The molecule has 0 aliphatic carbocycles. The van der Waals surface area contributed by atoms with Crippen LogP contribution in [0.2, 0.25) is 5.02 Å². The Morgan fingerprint density at radius 1 is 0.944 bits per heavy atom. The number of carbonyl (C=O) groups excluding carboxylic acids is 1. The van der Waals surface area contributed by atoms with Crippen molar-refractivity contribution in [2.45, 2.75) is 19.1 Å². The Labute approximate surface area is 219 Å².